The smallest absolute Gasteiger partial charge is 0.433 e. The first-order valence-electron chi connectivity index (χ1n) is 8.75. The number of aromatic nitrogens is 2. The van der Waals surface area contributed by atoms with Crippen LogP contribution in [-0.2, 0) is 0 Å². The Hall–Kier alpha value is -3.47. The van der Waals surface area contributed by atoms with Gasteiger partial charge in [0.2, 0.25) is 0 Å². The zero-order valence-electron chi connectivity index (χ0n) is 15.6. The van der Waals surface area contributed by atoms with Gasteiger partial charge >= 0.3 is 5.88 Å². The van der Waals surface area contributed by atoms with Crippen LogP contribution in [-0.4, -0.2) is 21.6 Å². The summed E-state index contributed by atoms with van der Waals surface area (Å²) in [6.45, 7) is 0. The molecule has 2 aromatic heterocycles. The zero-order valence-corrected chi connectivity index (χ0v) is 17.8. The summed E-state index contributed by atoms with van der Waals surface area (Å²) >= 11 is 2.15. The molecule has 0 aliphatic carbocycles. The summed E-state index contributed by atoms with van der Waals surface area (Å²) in [6.07, 6.45) is 3.12. The number of fused-ring (bicyclic) bond motifs is 1. The molecular weight excluding hydrogens is 501 g/mol. The molecule has 0 aliphatic heterocycles. The molecule has 8 nitrogen and oxygen atoms in total. The third-order valence-corrected chi connectivity index (χ3v) is 5.05. The average molecular weight is 515 g/mol. The molecule has 2 heterocycles. The van der Waals surface area contributed by atoms with Crippen molar-refractivity contribution in [1.82, 2.24) is 9.55 Å². The lowest BCUT2D eigenvalue weighted by Crippen LogP contribution is -2.22. The number of ether oxygens (including phenoxy) is 1. The molecule has 0 fully saturated rings. The molecule has 4 rings (SSSR count). The first kappa shape index (κ1) is 19.8. The Morgan fingerprint density at radius 3 is 2.57 bits per heavy atom. The van der Waals surface area contributed by atoms with Gasteiger partial charge in [-0.1, -0.05) is 0 Å². The monoisotopic (exact) mass is 515 g/mol. The van der Waals surface area contributed by atoms with Crippen LogP contribution in [0.3, 0.4) is 0 Å². The standard InChI is InChI=1S/C21H14IN3O5/c1-29-15-5-3-14(4-6-15)24-19(10-7-16-8-11-20(30-16)25(27)28)23-18-9-2-13(22)12-17(18)21(24)26/h2-12H,1H3/b10-7+. The first-order chi connectivity index (χ1) is 14.5. The van der Waals surface area contributed by atoms with Crippen molar-refractivity contribution in [2.75, 3.05) is 7.11 Å². The maximum Gasteiger partial charge on any atom is 0.433 e. The largest absolute Gasteiger partial charge is 0.497 e. The van der Waals surface area contributed by atoms with E-state index < -0.39 is 4.92 Å². The number of nitrogens with zero attached hydrogens (tertiary/aromatic N) is 3. The van der Waals surface area contributed by atoms with Crippen LogP contribution in [0.25, 0.3) is 28.7 Å². The molecule has 0 unspecified atom stereocenters. The molecule has 0 N–H and O–H groups in total. The molecule has 0 bridgehead atoms. The van der Waals surface area contributed by atoms with E-state index in [1.54, 1.807) is 49.6 Å². The van der Waals surface area contributed by atoms with Crippen molar-refractivity contribution in [3.63, 3.8) is 0 Å². The Kier molecular flexibility index (Phi) is 5.36. The van der Waals surface area contributed by atoms with Gasteiger partial charge in [0.1, 0.15) is 22.3 Å². The third kappa shape index (κ3) is 3.83. The molecule has 0 saturated heterocycles. The van der Waals surface area contributed by atoms with Crippen molar-refractivity contribution in [2.45, 2.75) is 0 Å². The van der Waals surface area contributed by atoms with Gasteiger partial charge in [0.15, 0.2) is 0 Å². The van der Waals surface area contributed by atoms with E-state index in [2.05, 4.69) is 27.6 Å². The molecule has 0 radical (unpaired) electrons. The summed E-state index contributed by atoms with van der Waals surface area (Å²) in [5, 5.41) is 11.3. The second-order valence-corrected chi connectivity index (χ2v) is 7.48. The number of halogens is 1. The maximum atomic E-state index is 13.3. The normalized spacial score (nSPS) is 11.3. The molecule has 9 heteroatoms. The highest BCUT2D eigenvalue weighted by molar-refractivity contribution is 14.1. The minimum absolute atomic E-state index is 0.228. The minimum Gasteiger partial charge on any atom is -0.497 e. The molecule has 0 amide bonds. The topological polar surface area (TPSA) is 100 Å². The highest BCUT2D eigenvalue weighted by Gasteiger charge is 2.13. The predicted octanol–water partition coefficient (Wildman–Crippen LogP) is 4.67. The fourth-order valence-electron chi connectivity index (χ4n) is 2.95. The number of benzene rings is 2. The van der Waals surface area contributed by atoms with E-state index in [1.165, 1.54) is 22.8 Å². The molecule has 4 aromatic rings. The Balaban J connectivity index is 1.89. The third-order valence-electron chi connectivity index (χ3n) is 4.38. The van der Waals surface area contributed by atoms with Crippen LogP contribution >= 0.6 is 22.6 Å². The van der Waals surface area contributed by atoms with E-state index in [0.29, 0.717) is 28.2 Å². The van der Waals surface area contributed by atoms with Gasteiger partial charge in [0.05, 0.1) is 29.8 Å². The van der Waals surface area contributed by atoms with E-state index >= 15 is 0 Å². The van der Waals surface area contributed by atoms with Crippen LogP contribution < -0.4 is 10.3 Å². The number of methoxy groups -OCH3 is 1. The number of hydrogen-bond acceptors (Lipinski definition) is 6. The molecular formula is C21H14IN3O5. The van der Waals surface area contributed by atoms with Crippen LogP contribution in [0.4, 0.5) is 5.88 Å². The summed E-state index contributed by atoms with van der Waals surface area (Å²) < 4.78 is 12.8. The van der Waals surface area contributed by atoms with Crippen LogP contribution in [0.15, 0.2) is 63.8 Å². The van der Waals surface area contributed by atoms with Gasteiger partial charge in [-0.25, -0.2) is 4.98 Å². The second-order valence-electron chi connectivity index (χ2n) is 6.24. The van der Waals surface area contributed by atoms with Crippen molar-refractivity contribution in [3.8, 4) is 11.4 Å². The van der Waals surface area contributed by atoms with Gasteiger partial charge < -0.3 is 9.15 Å². The fraction of sp³-hybridized carbons (Fsp3) is 0.0476. The maximum absolute atomic E-state index is 13.3. The van der Waals surface area contributed by atoms with Gasteiger partial charge in [-0.3, -0.25) is 19.5 Å². The Labute approximate surface area is 183 Å². The molecule has 0 spiro atoms. The number of nitro groups is 1. The van der Waals surface area contributed by atoms with Crippen molar-refractivity contribution < 1.29 is 14.1 Å². The van der Waals surface area contributed by atoms with Crippen LogP contribution in [0.1, 0.15) is 11.6 Å². The Bertz CT molecular complexity index is 1340. The van der Waals surface area contributed by atoms with Crippen molar-refractivity contribution in [1.29, 1.82) is 0 Å². The Morgan fingerprint density at radius 2 is 1.90 bits per heavy atom. The molecule has 150 valence electrons. The van der Waals surface area contributed by atoms with Gasteiger partial charge in [-0.2, -0.15) is 0 Å². The van der Waals surface area contributed by atoms with Gasteiger partial charge in [0.25, 0.3) is 5.56 Å². The summed E-state index contributed by atoms with van der Waals surface area (Å²) in [7, 11) is 1.57. The lowest BCUT2D eigenvalue weighted by molar-refractivity contribution is -0.402. The zero-order chi connectivity index (χ0) is 21.3. The molecule has 0 aliphatic rings. The lowest BCUT2D eigenvalue weighted by atomic mass is 10.2. The van der Waals surface area contributed by atoms with Crippen molar-refractivity contribution in [2.24, 2.45) is 0 Å². The van der Waals surface area contributed by atoms with Crippen molar-refractivity contribution >= 4 is 51.5 Å². The van der Waals surface area contributed by atoms with E-state index in [9.17, 15) is 14.9 Å². The summed E-state index contributed by atoms with van der Waals surface area (Å²) in [4.78, 5) is 28.1. The Morgan fingerprint density at radius 1 is 1.13 bits per heavy atom. The summed E-state index contributed by atoms with van der Waals surface area (Å²) in [5.41, 5.74) is 0.933. The number of hydrogen-bond donors (Lipinski definition) is 0. The van der Waals surface area contributed by atoms with E-state index in [1.807, 2.05) is 6.07 Å². The van der Waals surface area contributed by atoms with Crippen molar-refractivity contribution in [3.05, 3.63) is 90.2 Å². The van der Waals surface area contributed by atoms with Gasteiger partial charge in [0, 0.05) is 3.57 Å². The number of furan rings is 1. The summed E-state index contributed by atoms with van der Waals surface area (Å²) in [5.74, 6) is 0.941. The van der Waals surface area contributed by atoms with Crippen LogP contribution in [0, 0.1) is 13.7 Å². The van der Waals surface area contributed by atoms with E-state index in [-0.39, 0.29) is 17.2 Å². The van der Waals surface area contributed by atoms with Crippen LogP contribution in [0.2, 0.25) is 0 Å². The van der Waals surface area contributed by atoms with E-state index in [0.717, 1.165) is 3.57 Å². The molecule has 30 heavy (non-hydrogen) atoms. The van der Waals surface area contributed by atoms with Gasteiger partial charge in [-0.05, 0) is 83.3 Å². The fourth-order valence-corrected chi connectivity index (χ4v) is 3.45. The predicted molar refractivity (Wildman–Crippen MR) is 121 cm³/mol. The van der Waals surface area contributed by atoms with Crippen LogP contribution in [0.5, 0.6) is 5.75 Å². The number of rotatable bonds is 5. The second kappa shape index (κ2) is 8.11. The molecule has 2 aromatic carbocycles. The quantitative estimate of drug-likeness (QED) is 0.218. The first-order valence-corrected chi connectivity index (χ1v) is 9.83. The summed E-state index contributed by atoms with van der Waals surface area (Å²) in [6, 6.07) is 15.2. The lowest BCUT2D eigenvalue weighted by Gasteiger charge is -2.12. The highest BCUT2D eigenvalue weighted by Crippen LogP contribution is 2.21. The van der Waals surface area contributed by atoms with Gasteiger partial charge in [-0.15, -0.1) is 0 Å². The highest BCUT2D eigenvalue weighted by atomic mass is 127. The minimum atomic E-state index is -0.611. The SMILES string of the molecule is COc1ccc(-n2c(/C=C/c3ccc([N+](=O)[O-])o3)nc3ccc(I)cc3c2=O)cc1. The molecule has 0 saturated carbocycles. The van der Waals surface area contributed by atoms with E-state index in [4.69, 9.17) is 9.15 Å². The molecule has 0 atom stereocenters. The average Bonchev–Trinajstić information content (AvgIpc) is 3.22.